The summed E-state index contributed by atoms with van der Waals surface area (Å²) in [7, 11) is 0. The fourth-order valence-electron chi connectivity index (χ4n) is 3.05. The second-order valence-electron chi connectivity index (χ2n) is 5.67. The maximum Gasteiger partial charge on any atom is 0.271 e. The summed E-state index contributed by atoms with van der Waals surface area (Å²) in [4.78, 5) is 24.8. The minimum absolute atomic E-state index is 0.0363. The van der Waals surface area contributed by atoms with Gasteiger partial charge in [-0.15, -0.1) is 0 Å². The van der Waals surface area contributed by atoms with Gasteiger partial charge in [-0.1, -0.05) is 12.1 Å². The first-order chi connectivity index (χ1) is 11.6. The zero-order valence-electron chi connectivity index (χ0n) is 12.7. The number of anilines is 1. The Balaban J connectivity index is 1.56. The van der Waals surface area contributed by atoms with Crippen molar-refractivity contribution in [3.05, 3.63) is 58.1 Å². The van der Waals surface area contributed by atoms with Crippen LogP contribution in [-0.4, -0.2) is 30.1 Å². The minimum Gasteiger partial charge on any atom is -0.485 e. The second-order valence-corrected chi connectivity index (χ2v) is 5.67. The molecule has 2 aliphatic heterocycles. The predicted molar refractivity (Wildman–Crippen MR) is 85.5 cm³/mol. The highest BCUT2D eigenvalue weighted by Crippen LogP contribution is 2.34. The maximum absolute atomic E-state index is 12.8. The molecule has 7 nitrogen and oxygen atoms in total. The minimum atomic E-state index is -0.721. The Bertz CT molecular complexity index is 835. The smallest absolute Gasteiger partial charge is 0.271 e. The normalized spacial score (nSPS) is 18.2. The van der Waals surface area contributed by atoms with Crippen molar-refractivity contribution in [2.45, 2.75) is 12.5 Å². The van der Waals surface area contributed by atoms with Gasteiger partial charge < -0.3 is 14.4 Å². The van der Waals surface area contributed by atoms with E-state index in [1.807, 2.05) is 12.1 Å². The molecule has 122 valence electrons. The highest BCUT2D eigenvalue weighted by Gasteiger charge is 2.35. The summed E-state index contributed by atoms with van der Waals surface area (Å²) in [6.07, 6.45) is -0.131. The third-order valence-corrected chi connectivity index (χ3v) is 4.22. The highest BCUT2D eigenvalue weighted by molar-refractivity contribution is 5.99. The molecular weight excluding hydrogens is 312 g/mol. The van der Waals surface area contributed by atoms with Crippen LogP contribution in [0.5, 0.6) is 11.5 Å². The number of carbonyl (C=O) groups is 1. The van der Waals surface area contributed by atoms with Gasteiger partial charge in [-0.25, -0.2) is 0 Å². The molecule has 2 heterocycles. The summed E-state index contributed by atoms with van der Waals surface area (Å²) in [5.74, 6) is 0.973. The number of para-hydroxylation sites is 2. The van der Waals surface area contributed by atoms with E-state index in [2.05, 4.69) is 0 Å². The Labute approximate surface area is 137 Å². The SMILES string of the molecule is O=C([C@H]1COc2ccccc2O1)N1CCc2cc([N+](=O)[O-])ccc21. The van der Waals surface area contributed by atoms with Crippen molar-refractivity contribution in [2.75, 3.05) is 18.1 Å². The molecular formula is C17H14N2O5. The molecule has 0 spiro atoms. The number of nitro groups is 1. The molecule has 24 heavy (non-hydrogen) atoms. The lowest BCUT2D eigenvalue weighted by atomic mass is 10.1. The van der Waals surface area contributed by atoms with Crippen molar-refractivity contribution in [3.63, 3.8) is 0 Å². The molecule has 4 rings (SSSR count). The van der Waals surface area contributed by atoms with Gasteiger partial charge in [0.15, 0.2) is 11.5 Å². The first-order valence-corrected chi connectivity index (χ1v) is 7.60. The molecule has 0 aromatic heterocycles. The molecule has 2 aromatic rings. The van der Waals surface area contributed by atoms with Gasteiger partial charge in [-0.2, -0.15) is 0 Å². The van der Waals surface area contributed by atoms with Gasteiger partial charge in [-0.05, 0) is 30.2 Å². The molecule has 1 atom stereocenters. The van der Waals surface area contributed by atoms with E-state index < -0.39 is 11.0 Å². The number of benzene rings is 2. The number of rotatable bonds is 2. The van der Waals surface area contributed by atoms with Crippen LogP contribution >= 0.6 is 0 Å². The summed E-state index contributed by atoms with van der Waals surface area (Å²) in [5, 5.41) is 10.9. The van der Waals surface area contributed by atoms with Crippen molar-refractivity contribution in [1.29, 1.82) is 0 Å². The maximum atomic E-state index is 12.8. The molecule has 0 saturated carbocycles. The van der Waals surface area contributed by atoms with Crippen LogP contribution in [-0.2, 0) is 11.2 Å². The first kappa shape index (κ1) is 14.5. The zero-order valence-corrected chi connectivity index (χ0v) is 12.7. The standard InChI is InChI=1S/C17H14N2O5/c20-17(16-10-23-14-3-1-2-4-15(14)24-16)18-8-7-11-9-12(19(21)22)5-6-13(11)18/h1-6,9,16H,7-8,10H2/t16-/m1/s1. The number of fused-ring (bicyclic) bond motifs is 2. The third-order valence-electron chi connectivity index (χ3n) is 4.22. The Morgan fingerprint density at radius 3 is 2.79 bits per heavy atom. The quantitative estimate of drug-likeness (QED) is 0.625. The Morgan fingerprint density at radius 2 is 2.00 bits per heavy atom. The number of amides is 1. The topological polar surface area (TPSA) is 81.9 Å². The number of hydrogen-bond acceptors (Lipinski definition) is 5. The summed E-state index contributed by atoms with van der Waals surface area (Å²) in [6, 6.07) is 11.8. The monoisotopic (exact) mass is 326 g/mol. The average Bonchev–Trinajstić information content (AvgIpc) is 3.03. The molecule has 0 N–H and O–H groups in total. The number of hydrogen-bond donors (Lipinski definition) is 0. The number of non-ortho nitro benzene ring substituents is 1. The fourth-order valence-corrected chi connectivity index (χ4v) is 3.05. The molecule has 7 heteroatoms. The Hall–Kier alpha value is -3.09. The van der Waals surface area contributed by atoms with Gasteiger partial charge in [0.25, 0.3) is 11.6 Å². The van der Waals surface area contributed by atoms with Gasteiger partial charge in [-0.3, -0.25) is 14.9 Å². The van der Waals surface area contributed by atoms with E-state index in [1.54, 1.807) is 23.1 Å². The number of nitro benzene ring substituents is 1. The van der Waals surface area contributed by atoms with Crippen molar-refractivity contribution >= 4 is 17.3 Å². The van der Waals surface area contributed by atoms with Gasteiger partial charge in [0.2, 0.25) is 6.10 Å². The van der Waals surface area contributed by atoms with Crippen LogP contribution in [0.2, 0.25) is 0 Å². The van der Waals surface area contributed by atoms with Crippen LogP contribution in [0.4, 0.5) is 11.4 Å². The fraction of sp³-hybridized carbons (Fsp3) is 0.235. The molecule has 0 unspecified atom stereocenters. The van der Waals surface area contributed by atoms with Crippen LogP contribution < -0.4 is 14.4 Å². The van der Waals surface area contributed by atoms with E-state index in [0.29, 0.717) is 30.2 Å². The number of carbonyl (C=O) groups excluding carboxylic acids is 1. The first-order valence-electron chi connectivity index (χ1n) is 7.60. The molecule has 1 amide bonds. The van der Waals surface area contributed by atoms with Crippen LogP contribution in [0, 0.1) is 10.1 Å². The van der Waals surface area contributed by atoms with Gasteiger partial charge in [0.05, 0.1) is 4.92 Å². The number of ether oxygens (including phenoxy) is 2. The van der Waals surface area contributed by atoms with Crippen LogP contribution in [0.25, 0.3) is 0 Å². The predicted octanol–water partition coefficient (Wildman–Crippen LogP) is 2.32. The van der Waals surface area contributed by atoms with Crippen molar-refractivity contribution < 1.29 is 19.2 Å². The molecule has 2 aliphatic rings. The molecule has 0 saturated heterocycles. The summed E-state index contributed by atoms with van der Waals surface area (Å²) < 4.78 is 11.4. The molecule has 0 fully saturated rings. The largest absolute Gasteiger partial charge is 0.485 e. The van der Waals surface area contributed by atoms with Crippen LogP contribution in [0.15, 0.2) is 42.5 Å². The van der Waals surface area contributed by atoms with Gasteiger partial charge in [0, 0.05) is 24.4 Å². The molecule has 0 radical (unpaired) electrons. The summed E-state index contributed by atoms with van der Waals surface area (Å²) >= 11 is 0. The van der Waals surface area contributed by atoms with Gasteiger partial charge >= 0.3 is 0 Å². The lowest BCUT2D eigenvalue weighted by Gasteiger charge is -2.29. The van der Waals surface area contributed by atoms with Crippen molar-refractivity contribution in [1.82, 2.24) is 0 Å². The summed E-state index contributed by atoms with van der Waals surface area (Å²) in [5.41, 5.74) is 1.54. The molecule has 0 aliphatic carbocycles. The number of nitrogens with zero attached hydrogens (tertiary/aromatic N) is 2. The van der Waals surface area contributed by atoms with E-state index in [-0.39, 0.29) is 18.2 Å². The van der Waals surface area contributed by atoms with E-state index in [9.17, 15) is 14.9 Å². The molecule has 0 bridgehead atoms. The van der Waals surface area contributed by atoms with Crippen molar-refractivity contribution in [2.24, 2.45) is 0 Å². The second kappa shape index (κ2) is 5.52. The lowest BCUT2D eigenvalue weighted by Crippen LogP contribution is -2.46. The van der Waals surface area contributed by atoms with Gasteiger partial charge in [0.1, 0.15) is 6.61 Å². The summed E-state index contributed by atoms with van der Waals surface area (Å²) in [6.45, 7) is 0.630. The van der Waals surface area contributed by atoms with Crippen molar-refractivity contribution in [3.8, 4) is 11.5 Å². The van der Waals surface area contributed by atoms with Crippen LogP contribution in [0.3, 0.4) is 0 Å². The average molecular weight is 326 g/mol. The third kappa shape index (κ3) is 2.34. The van der Waals surface area contributed by atoms with E-state index in [4.69, 9.17) is 9.47 Å². The zero-order chi connectivity index (χ0) is 16.7. The van der Waals surface area contributed by atoms with Crippen LogP contribution in [0.1, 0.15) is 5.56 Å². The van der Waals surface area contributed by atoms with E-state index >= 15 is 0 Å². The Morgan fingerprint density at radius 1 is 1.21 bits per heavy atom. The van der Waals surface area contributed by atoms with E-state index in [0.717, 1.165) is 5.56 Å². The van der Waals surface area contributed by atoms with E-state index in [1.165, 1.54) is 12.1 Å². The highest BCUT2D eigenvalue weighted by atomic mass is 16.6. The Kier molecular flexibility index (Phi) is 3.34. The lowest BCUT2D eigenvalue weighted by molar-refractivity contribution is -0.384. The molecule has 2 aromatic carbocycles.